The summed E-state index contributed by atoms with van der Waals surface area (Å²) in [5.41, 5.74) is 9.59. The minimum Gasteiger partial charge on any atom is -0.446 e. The Morgan fingerprint density at radius 3 is 2.13 bits per heavy atom. The topological polar surface area (TPSA) is 160 Å². The van der Waals surface area contributed by atoms with E-state index in [0.29, 0.717) is 11.5 Å². The highest BCUT2D eigenvalue weighted by Crippen LogP contribution is 2.33. The van der Waals surface area contributed by atoms with Crippen molar-refractivity contribution in [1.82, 2.24) is 23.9 Å². The average molecular weight is 617 g/mol. The first-order valence-corrected chi connectivity index (χ1v) is 15.7. The predicted molar refractivity (Wildman–Crippen MR) is 170 cm³/mol. The summed E-state index contributed by atoms with van der Waals surface area (Å²) < 4.78 is 15.4. The van der Waals surface area contributed by atoms with E-state index >= 15 is 0 Å². The van der Waals surface area contributed by atoms with Crippen LogP contribution < -0.4 is 22.1 Å². The molecule has 13 nitrogen and oxygen atoms in total. The summed E-state index contributed by atoms with van der Waals surface area (Å²) >= 11 is 0. The zero-order valence-electron chi connectivity index (χ0n) is 25.7. The molecule has 3 aliphatic rings. The number of nitrogens with one attached hydrogen (secondary N) is 2. The number of fused-ring (bicyclic) bond motifs is 1. The Morgan fingerprint density at radius 2 is 1.53 bits per heavy atom. The molecular weight excluding hydrogens is 576 g/mol. The van der Waals surface area contributed by atoms with E-state index in [0.717, 1.165) is 92.1 Å². The van der Waals surface area contributed by atoms with Crippen molar-refractivity contribution in [2.45, 2.75) is 82.5 Å². The highest BCUT2D eigenvalue weighted by atomic mass is 16.6. The lowest BCUT2D eigenvalue weighted by molar-refractivity contribution is 0.0590. The van der Waals surface area contributed by atoms with Crippen molar-refractivity contribution in [2.75, 3.05) is 10.6 Å². The number of nitrogens with two attached hydrogens (primary N) is 1. The zero-order valence-corrected chi connectivity index (χ0v) is 25.7. The minimum absolute atomic E-state index is 0.00151. The number of ether oxygens (including phenoxy) is 2. The highest BCUT2D eigenvalue weighted by molar-refractivity contribution is 5.88. The maximum absolute atomic E-state index is 13.0. The second kappa shape index (κ2) is 13.0. The van der Waals surface area contributed by atoms with Gasteiger partial charge in [-0.05, 0) is 75.1 Å². The third-order valence-electron chi connectivity index (χ3n) is 8.82. The second-order valence-corrected chi connectivity index (χ2v) is 12.1. The number of aryl methyl sites for hydroxylation is 2. The van der Waals surface area contributed by atoms with Crippen molar-refractivity contribution in [3.8, 4) is 11.1 Å². The molecule has 7 rings (SSSR count). The first kappa shape index (κ1) is 30.2. The van der Waals surface area contributed by atoms with E-state index in [2.05, 4.69) is 25.5 Å². The van der Waals surface area contributed by atoms with E-state index in [1.54, 1.807) is 28.7 Å². The number of benzene rings is 1. The van der Waals surface area contributed by atoms with Crippen LogP contribution >= 0.6 is 0 Å². The van der Waals surface area contributed by atoms with Crippen LogP contribution in [0, 0.1) is 0 Å². The molecule has 4 aromatic rings. The van der Waals surface area contributed by atoms with Crippen molar-refractivity contribution in [3.05, 3.63) is 53.3 Å². The quantitative estimate of drug-likeness (QED) is 0.237. The largest absolute Gasteiger partial charge is 0.446 e. The summed E-state index contributed by atoms with van der Waals surface area (Å²) in [6.07, 6.45) is 14.9. The predicted octanol–water partition coefficient (Wildman–Crippen LogP) is 5.73. The van der Waals surface area contributed by atoms with Crippen LogP contribution in [0.1, 0.15) is 70.3 Å². The number of aromatic nitrogens is 5. The maximum Gasteiger partial charge on any atom is 0.411 e. The average Bonchev–Trinajstić information content (AvgIpc) is 3.70. The monoisotopic (exact) mass is 616 g/mol. The summed E-state index contributed by atoms with van der Waals surface area (Å²) in [5.74, 6) is 0.621. The van der Waals surface area contributed by atoms with E-state index in [1.165, 1.54) is 0 Å². The normalized spacial score (nSPS) is 16.8. The van der Waals surface area contributed by atoms with Gasteiger partial charge in [0.1, 0.15) is 18.0 Å². The standard InChI is InChI=1S/C27H31N7O3.C5H9NO2/c1-32-16-18(14-29-32)17-10-19(12-20(11-17)31-26(35)37-22-8-5-9-22)30-25-13-23-24(15-28-25)33(2)27(36)34(23)21-6-3-4-7-21;6-5(7)8-4-2-1-3-4/h10-16,21-22H,3-9H2,1-2H3,(H,28,30)(H,31,35);4H,1-3H2,(H2,6,7). The Labute approximate surface area is 260 Å². The number of carbonyl (C=O) groups is 2. The van der Waals surface area contributed by atoms with E-state index in [1.807, 2.05) is 42.1 Å². The molecule has 0 radical (unpaired) electrons. The lowest BCUT2D eigenvalue weighted by Crippen LogP contribution is -2.27. The molecule has 3 aromatic heterocycles. The molecule has 0 aliphatic heterocycles. The van der Waals surface area contributed by atoms with Crippen LogP contribution in [-0.2, 0) is 23.6 Å². The Bertz CT molecular complexity index is 1740. The van der Waals surface area contributed by atoms with Crippen molar-refractivity contribution in [3.63, 3.8) is 0 Å². The summed E-state index contributed by atoms with van der Waals surface area (Å²) in [5, 5.41) is 10.5. The lowest BCUT2D eigenvalue weighted by Gasteiger charge is -2.25. The van der Waals surface area contributed by atoms with E-state index in [-0.39, 0.29) is 23.9 Å². The number of imidazole rings is 1. The van der Waals surface area contributed by atoms with Gasteiger partial charge in [-0.3, -0.25) is 19.1 Å². The molecule has 3 aliphatic carbocycles. The molecule has 0 atom stereocenters. The van der Waals surface area contributed by atoms with Gasteiger partial charge in [0.25, 0.3) is 0 Å². The molecule has 0 bridgehead atoms. The van der Waals surface area contributed by atoms with Gasteiger partial charge in [0.05, 0.1) is 23.4 Å². The molecule has 45 heavy (non-hydrogen) atoms. The number of rotatable bonds is 7. The van der Waals surface area contributed by atoms with Crippen LogP contribution in [0.3, 0.4) is 0 Å². The van der Waals surface area contributed by atoms with Gasteiger partial charge >= 0.3 is 17.9 Å². The van der Waals surface area contributed by atoms with Gasteiger partial charge in [-0.2, -0.15) is 5.10 Å². The SMILES string of the molecule is Cn1cc(-c2cc(NC(=O)OC3CCC3)cc(Nc3cc4c(cn3)n(C)c(=O)n4C3CCCC3)c2)cn1.NC(=O)OC1CCC1. The van der Waals surface area contributed by atoms with E-state index < -0.39 is 12.2 Å². The minimum atomic E-state index is -0.644. The Morgan fingerprint density at radius 1 is 0.844 bits per heavy atom. The van der Waals surface area contributed by atoms with Gasteiger partial charge in [0.15, 0.2) is 0 Å². The molecule has 238 valence electrons. The molecule has 3 heterocycles. The molecule has 4 N–H and O–H groups in total. The number of anilines is 3. The maximum atomic E-state index is 13.0. The lowest BCUT2D eigenvalue weighted by atomic mass is 9.96. The number of primary amides is 1. The van der Waals surface area contributed by atoms with Gasteiger partial charge in [-0.1, -0.05) is 12.8 Å². The molecule has 3 fully saturated rings. The van der Waals surface area contributed by atoms with Crippen molar-refractivity contribution >= 4 is 40.4 Å². The summed E-state index contributed by atoms with van der Waals surface area (Å²) in [6.45, 7) is 0. The number of nitrogens with zero attached hydrogens (tertiary/aromatic N) is 5. The summed E-state index contributed by atoms with van der Waals surface area (Å²) in [7, 11) is 3.66. The van der Waals surface area contributed by atoms with Crippen LogP contribution in [0.25, 0.3) is 22.2 Å². The molecule has 0 unspecified atom stereocenters. The molecule has 3 saturated carbocycles. The third-order valence-corrected chi connectivity index (χ3v) is 8.82. The van der Waals surface area contributed by atoms with Crippen LogP contribution in [0.4, 0.5) is 26.8 Å². The number of carbonyl (C=O) groups excluding carboxylic acids is 2. The first-order valence-electron chi connectivity index (χ1n) is 15.7. The Hall–Kier alpha value is -4.81. The smallest absolute Gasteiger partial charge is 0.411 e. The van der Waals surface area contributed by atoms with Gasteiger partial charge in [-0.25, -0.2) is 19.4 Å². The second-order valence-electron chi connectivity index (χ2n) is 12.1. The molecular formula is C32H40N8O5. The van der Waals surface area contributed by atoms with E-state index in [4.69, 9.17) is 10.5 Å². The number of pyridine rings is 1. The number of hydrogen-bond acceptors (Lipinski definition) is 8. The van der Waals surface area contributed by atoms with Crippen LogP contribution in [0.5, 0.6) is 0 Å². The van der Waals surface area contributed by atoms with Gasteiger partial charge in [0, 0.05) is 49.3 Å². The molecule has 0 spiro atoms. The van der Waals surface area contributed by atoms with Gasteiger partial charge < -0.3 is 20.5 Å². The third kappa shape index (κ3) is 6.97. The fourth-order valence-corrected chi connectivity index (χ4v) is 5.94. The van der Waals surface area contributed by atoms with Crippen LogP contribution in [-0.4, -0.2) is 48.3 Å². The molecule has 2 amide bonds. The highest BCUT2D eigenvalue weighted by Gasteiger charge is 2.24. The fourth-order valence-electron chi connectivity index (χ4n) is 5.94. The Kier molecular flexibility index (Phi) is 8.76. The summed E-state index contributed by atoms with van der Waals surface area (Å²) in [4.78, 5) is 40.1. The first-order chi connectivity index (χ1) is 21.7. The van der Waals surface area contributed by atoms with Crippen molar-refractivity contribution in [1.29, 1.82) is 0 Å². The van der Waals surface area contributed by atoms with E-state index in [9.17, 15) is 14.4 Å². The molecule has 0 saturated heterocycles. The zero-order chi connectivity index (χ0) is 31.5. The van der Waals surface area contributed by atoms with Crippen molar-refractivity contribution in [2.24, 2.45) is 19.8 Å². The fraction of sp³-hybridized carbons (Fsp3) is 0.469. The molecule has 13 heteroatoms. The Balaban J connectivity index is 0.000000390. The number of amides is 2. The van der Waals surface area contributed by atoms with Crippen LogP contribution in [0.2, 0.25) is 0 Å². The van der Waals surface area contributed by atoms with Gasteiger partial charge in [-0.15, -0.1) is 0 Å². The van der Waals surface area contributed by atoms with Crippen molar-refractivity contribution < 1.29 is 19.1 Å². The number of hydrogen-bond donors (Lipinski definition) is 3. The van der Waals surface area contributed by atoms with Crippen LogP contribution in [0.15, 0.2) is 47.7 Å². The molecule has 1 aromatic carbocycles. The summed E-state index contributed by atoms with van der Waals surface area (Å²) in [6, 6.07) is 7.89. The van der Waals surface area contributed by atoms with Gasteiger partial charge in [0.2, 0.25) is 0 Å².